The Bertz CT molecular complexity index is 853. The minimum atomic E-state index is -0.161. The largest absolute Gasteiger partial charge is 0.491 e. The summed E-state index contributed by atoms with van der Waals surface area (Å²) in [5.41, 5.74) is 3.23. The maximum Gasteiger partial charge on any atom is 0.322 e. The number of urea groups is 1. The van der Waals surface area contributed by atoms with Gasteiger partial charge in [0.1, 0.15) is 12.4 Å². The van der Waals surface area contributed by atoms with Crippen LogP contribution in [-0.2, 0) is 11.3 Å². The van der Waals surface area contributed by atoms with Crippen LogP contribution in [0.1, 0.15) is 21.5 Å². The lowest BCUT2D eigenvalue weighted by Crippen LogP contribution is -2.28. The van der Waals surface area contributed by atoms with Crippen LogP contribution in [-0.4, -0.2) is 45.4 Å². The molecule has 3 rings (SSSR count). The summed E-state index contributed by atoms with van der Waals surface area (Å²) in [5, 5.41) is 5.70. The third-order valence-electron chi connectivity index (χ3n) is 4.51. The van der Waals surface area contributed by atoms with Crippen LogP contribution in [0, 0.1) is 6.92 Å². The van der Waals surface area contributed by atoms with Crippen LogP contribution in [0.4, 0.5) is 10.5 Å². The Hall–Kier alpha value is -3.06. The Kier molecular flexibility index (Phi) is 6.49. The third-order valence-corrected chi connectivity index (χ3v) is 4.51. The van der Waals surface area contributed by atoms with Crippen molar-refractivity contribution < 1.29 is 19.1 Å². The predicted octanol–water partition coefficient (Wildman–Crippen LogP) is 2.48. The van der Waals surface area contributed by atoms with E-state index in [0.29, 0.717) is 38.4 Å². The topological polar surface area (TPSA) is 79.9 Å². The summed E-state index contributed by atoms with van der Waals surface area (Å²) in [4.78, 5) is 26.0. The lowest BCUT2D eigenvalue weighted by molar-refractivity contribution is 0.0950. The van der Waals surface area contributed by atoms with Crippen LogP contribution in [0.15, 0.2) is 42.5 Å². The Balaban J connectivity index is 1.60. The van der Waals surface area contributed by atoms with Crippen molar-refractivity contribution in [2.24, 2.45) is 0 Å². The molecule has 148 valence electrons. The van der Waals surface area contributed by atoms with Gasteiger partial charge in [-0.25, -0.2) is 4.79 Å². The van der Waals surface area contributed by atoms with E-state index >= 15 is 0 Å². The zero-order valence-electron chi connectivity index (χ0n) is 16.2. The average Bonchev–Trinajstić information content (AvgIpc) is 3.12. The number of anilines is 1. The zero-order valence-corrected chi connectivity index (χ0v) is 16.2. The smallest absolute Gasteiger partial charge is 0.322 e. The van der Waals surface area contributed by atoms with Gasteiger partial charge in [-0.3, -0.25) is 9.69 Å². The van der Waals surface area contributed by atoms with Gasteiger partial charge in [-0.1, -0.05) is 12.1 Å². The molecule has 2 aromatic carbocycles. The average molecular weight is 383 g/mol. The first-order chi connectivity index (χ1) is 13.6. The van der Waals surface area contributed by atoms with E-state index in [9.17, 15) is 9.59 Å². The van der Waals surface area contributed by atoms with Crippen molar-refractivity contribution in [2.75, 3.05) is 38.3 Å². The molecular weight excluding hydrogens is 358 g/mol. The molecule has 1 heterocycles. The minimum absolute atomic E-state index is 0.104. The van der Waals surface area contributed by atoms with Crippen LogP contribution in [0.25, 0.3) is 0 Å². The van der Waals surface area contributed by atoms with Crippen LogP contribution in [0.2, 0.25) is 0 Å². The van der Waals surface area contributed by atoms with Crippen molar-refractivity contribution >= 4 is 17.6 Å². The van der Waals surface area contributed by atoms with Crippen LogP contribution < -0.4 is 20.3 Å². The predicted molar refractivity (Wildman–Crippen MR) is 107 cm³/mol. The van der Waals surface area contributed by atoms with Gasteiger partial charge >= 0.3 is 6.03 Å². The number of rotatable bonds is 8. The molecule has 0 saturated carbocycles. The summed E-state index contributed by atoms with van der Waals surface area (Å²) in [6.07, 6.45) is 0. The minimum Gasteiger partial charge on any atom is -0.491 e. The van der Waals surface area contributed by atoms with Crippen LogP contribution >= 0.6 is 0 Å². The molecule has 0 unspecified atom stereocenters. The molecule has 0 atom stereocenters. The molecule has 2 aromatic rings. The molecule has 2 N–H and O–H groups in total. The summed E-state index contributed by atoms with van der Waals surface area (Å²) in [6, 6.07) is 12.9. The maximum absolute atomic E-state index is 12.5. The molecule has 28 heavy (non-hydrogen) atoms. The highest BCUT2D eigenvalue weighted by molar-refractivity contribution is 5.97. The molecule has 3 amide bonds. The monoisotopic (exact) mass is 383 g/mol. The first kappa shape index (κ1) is 19.7. The fourth-order valence-corrected chi connectivity index (χ4v) is 3.07. The third kappa shape index (κ3) is 4.80. The van der Waals surface area contributed by atoms with Gasteiger partial charge in [-0.2, -0.15) is 0 Å². The molecule has 0 aliphatic carbocycles. The summed E-state index contributed by atoms with van der Waals surface area (Å²) < 4.78 is 10.6. The second-order valence-electron chi connectivity index (χ2n) is 6.56. The maximum atomic E-state index is 12.5. The number of methoxy groups -OCH3 is 1. The SMILES string of the molecule is COCCOc1cccc(CNC(=O)c2ccc(N3CCNC3=O)c(C)c2)c1. The Morgan fingerprint density at radius 3 is 2.79 bits per heavy atom. The van der Waals surface area contributed by atoms with E-state index in [1.54, 1.807) is 24.1 Å². The molecule has 7 heteroatoms. The molecule has 0 spiro atoms. The molecule has 0 radical (unpaired) electrons. The van der Waals surface area contributed by atoms with Crippen LogP contribution in [0.5, 0.6) is 5.75 Å². The van der Waals surface area contributed by atoms with Crippen molar-refractivity contribution in [1.29, 1.82) is 0 Å². The molecule has 1 aliphatic rings. The normalized spacial score (nSPS) is 13.4. The van der Waals surface area contributed by atoms with E-state index < -0.39 is 0 Å². The standard InChI is InChI=1S/C21H25N3O4/c1-15-12-17(6-7-19(15)24-9-8-22-21(24)26)20(25)23-14-16-4-3-5-18(13-16)28-11-10-27-2/h3-7,12-13H,8-11,14H2,1-2H3,(H,22,26)(H,23,25). The van der Waals surface area contributed by atoms with E-state index in [0.717, 1.165) is 22.6 Å². The molecule has 7 nitrogen and oxygen atoms in total. The van der Waals surface area contributed by atoms with Gasteiger partial charge in [0.15, 0.2) is 0 Å². The van der Waals surface area contributed by atoms with Crippen molar-refractivity contribution in [3.63, 3.8) is 0 Å². The van der Waals surface area contributed by atoms with E-state index in [4.69, 9.17) is 9.47 Å². The van der Waals surface area contributed by atoms with Crippen molar-refractivity contribution in [3.05, 3.63) is 59.2 Å². The molecule has 0 aromatic heterocycles. The number of nitrogens with one attached hydrogen (secondary N) is 2. The van der Waals surface area contributed by atoms with Crippen molar-refractivity contribution in [3.8, 4) is 5.75 Å². The molecule has 1 saturated heterocycles. The summed E-state index contributed by atoms with van der Waals surface area (Å²) in [7, 11) is 1.63. The van der Waals surface area contributed by atoms with Crippen LogP contribution in [0.3, 0.4) is 0 Å². The van der Waals surface area contributed by atoms with Gasteiger partial charge < -0.3 is 20.1 Å². The van der Waals surface area contributed by atoms with Gasteiger partial charge in [0.05, 0.1) is 6.61 Å². The first-order valence-corrected chi connectivity index (χ1v) is 9.23. The Morgan fingerprint density at radius 2 is 2.07 bits per heavy atom. The second-order valence-corrected chi connectivity index (χ2v) is 6.56. The molecule has 0 bridgehead atoms. The van der Waals surface area contributed by atoms with Gasteiger partial charge in [-0.05, 0) is 48.4 Å². The number of aryl methyl sites for hydroxylation is 1. The lowest BCUT2D eigenvalue weighted by atomic mass is 10.1. The van der Waals surface area contributed by atoms with E-state index in [2.05, 4.69) is 10.6 Å². The number of hydrogen-bond acceptors (Lipinski definition) is 4. The zero-order chi connectivity index (χ0) is 19.9. The Morgan fingerprint density at radius 1 is 1.21 bits per heavy atom. The van der Waals surface area contributed by atoms with E-state index in [1.807, 2.05) is 37.3 Å². The highest BCUT2D eigenvalue weighted by atomic mass is 16.5. The van der Waals surface area contributed by atoms with E-state index in [-0.39, 0.29) is 11.9 Å². The van der Waals surface area contributed by atoms with Gasteiger partial charge in [0.2, 0.25) is 0 Å². The number of ether oxygens (including phenoxy) is 2. The number of carbonyl (C=O) groups is 2. The summed E-state index contributed by atoms with van der Waals surface area (Å²) in [6.45, 7) is 4.57. The quantitative estimate of drug-likeness (QED) is 0.687. The molecular formula is C21H25N3O4. The van der Waals surface area contributed by atoms with Crippen molar-refractivity contribution in [2.45, 2.75) is 13.5 Å². The lowest BCUT2D eigenvalue weighted by Gasteiger charge is -2.17. The highest BCUT2D eigenvalue weighted by Gasteiger charge is 2.22. The van der Waals surface area contributed by atoms with Gasteiger partial charge in [0.25, 0.3) is 5.91 Å². The van der Waals surface area contributed by atoms with E-state index in [1.165, 1.54) is 0 Å². The molecule has 1 aliphatic heterocycles. The van der Waals surface area contributed by atoms with Gasteiger partial charge in [0, 0.05) is 38.0 Å². The number of hydrogen-bond donors (Lipinski definition) is 2. The highest BCUT2D eigenvalue weighted by Crippen LogP contribution is 2.23. The summed E-state index contributed by atoms with van der Waals surface area (Å²) >= 11 is 0. The second kappa shape index (κ2) is 9.23. The fraction of sp³-hybridized carbons (Fsp3) is 0.333. The number of amides is 3. The number of nitrogens with zero attached hydrogens (tertiary/aromatic N) is 1. The van der Waals surface area contributed by atoms with Crippen molar-refractivity contribution in [1.82, 2.24) is 10.6 Å². The molecule has 1 fully saturated rings. The number of benzene rings is 2. The van der Waals surface area contributed by atoms with Gasteiger partial charge in [-0.15, -0.1) is 0 Å². The fourth-order valence-electron chi connectivity index (χ4n) is 3.07. The summed E-state index contributed by atoms with van der Waals surface area (Å²) in [5.74, 6) is 0.583. The number of carbonyl (C=O) groups excluding carboxylic acids is 2. The first-order valence-electron chi connectivity index (χ1n) is 9.23. The Labute approximate surface area is 164 Å².